The number of nitrogens with zero attached hydrogens (tertiary/aromatic N) is 1. The van der Waals surface area contributed by atoms with Crippen LogP contribution in [-0.2, 0) is 9.53 Å². The van der Waals surface area contributed by atoms with Gasteiger partial charge in [0, 0.05) is 17.9 Å². The molecule has 3 aliphatic rings. The van der Waals surface area contributed by atoms with Crippen LogP contribution < -0.4 is 0 Å². The van der Waals surface area contributed by atoms with E-state index >= 15 is 0 Å². The minimum Gasteiger partial charge on any atom is -0.480 e. The molecular weight excluding hydrogens is 378 g/mol. The highest BCUT2D eigenvalue weighted by molar-refractivity contribution is 5.84. The second-order valence-corrected chi connectivity index (χ2v) is 8.87. The van der Waals surface area contributed by atoms with E-state index in [0.717, 1.165) is 49.7 Å². The highest BCUT2D eigenvalue weighted by atomic mass is 16.6. The number of likely N-dealkylation sites (tertiary alicyclic amines) is 1. The molecule has 0 aromatic heterocycles. The lowest BCUT2D eigenvalue weighted by atomic mass is 9.73. The SMILES string of the molecule is O=C(O)C1CC2(CCCCCC2)N1C(=O)OCC1c2ccccc2-c2ccccc21. The van der Waals surface area contributed by atoms with Gasteiger partial charge in [-0.2, -0.15) is 0 Å². The van der Waals surface area contributed by atoms with E-state index in [1.807, 2.05) is 24.3 Å². The molecule has 1 N–H and O–H groups in total. The molecule has 1 spiro atoms. The maximum atomic E-state index is 13.1. The van der Waals surface area contributed by atoms with E-state index in [2.05, 4.69) is 24.3 Å². The van der Waals surface area contributed by atoms with E-state index in [-0.39, 0.29) is 18.1 Å². The lowest BCUT2D eigenvalue weighted by molar-refractivity contribution is -0.159. The van der Waals surface area contributed by atoms with Gasteiger partial charge in [0.15, 0.2) is 0 Å². The number of aliphatic carboxylic acids is 1. The van der Waals surface area contributed by atoms with Crippen LogP contribution in [0.4, 0.5) is 4.79 Å². The highest BCUT2D eigenvalue weighted by Gasteiger charge is 2.57. The molecule has 1 amide bonds. The number of carboxylic acids is 1. The number of rotatable bonds is 3. The zero-order valence-corrected chi connectivity index (χ0v) is 17.0. The predicted molar refractivity (Wildman–Crippen MR) is 113 cm³/mol. The Bertz CT molecular complexity index is 931. The molecular formula is C25H27NO4. The quantitative estimate of drug-likeness (QED) is 0.763. The number of ether oxygens (including phenoxy) is 1. The Hall–Kier alpha value is -2.82. The van der Waals surface area contributed by atoms with E-state index in [1.165, 1.54) is 11.1 Å². The van der Waals surface area contributed by atoms with Crippen LogP contribution in [0.5, 0.6) is 0 Å². The fourth-order valence-electron chi connectivity index (χ4n) is 5.78. The van der Waals surface area contributed by atoms with Crippen molar-refractivity contribution in [2.24, 2.45) is 0 Å². The summed E-state index contributed by atoms with van der Waals surface area (Å²) in [5.74, 6) is -0.950. The summed E-state index contributed by atoms with van der Waals surface area (Å²) in [6.45, 7) is 0.228. The maximum absolute atomic E-state index is 13.1. The van der Waals surface area contributed by atoms with E-state index in [1.54, 1.807) is 4.90 Å². The Kier molecular flexibility index (Phi) is 4.76. The van der Waals surface area contributed by atoms with Gasteiger partial charge in [-0.05, 0) is 35.1 Å². The molecule has 2 aromatic rings. The van der Waals surface area contributed by atoms with Gasteiger partial charge in [-0.15, -0.1) is 0 Å². The second kappa shape index (κ2) is 7.46. The van der Waals surface area contributed by atoms with Crippen LogP contribution in [-0.4, -0.2) is 40.3 Å². The normalized spacial score (nSPS) is 22.0. The van der Waals surface area contributed by atoms with Gasteiger partial charge in [-0.3, -0.25) is 4.90 Å². The van der Waals surface area contributed by atoms with Crippen molar-refractivity contribution in [3.63, 3.8) is 0 Å². The summed E-state index contributed by atoms with van der Waals surface area (Å²) < 4.78 is 5.82. The van der Waals surface area contributed by atoms with Gasteiger partial charge in [-0.25, -0.2) is 9.59 Å². The minimum absolute atomic E-state index is 0.0176. The van der Waals surface area contributed by atoms with Crippen molar-refractivity contribution in [3.05, 3.63) is 59.7 Å². The van der Waals surface area contributed by atoms with Gasteiger partial charge in [0.25, 0.3) is 0 Å². The van der Waals surface area contributed by atoms with Crippen LogP contribution in [0.15, 0.2) is 48.5 Å². The molecule has 1 saturated carbocycles. The number of benzene rings is 2. The largest absolute Gasteiger partial charge is 0.480 e. The Labute approximate surface area is 176 Å². The molecule has 0 bridgehead atoms. The first-order valence-electron chi connectivity index (χ1n) is 11.0. The fraction of sp³-hybridized carbons (Fsp3) is 0.440. The number of fused-ring (bicyclic) bond motifs is 3. The van der Waals surface area contributed by atoms with Gasteiger partial charge < -0.3 is 9.84 Å². The summed E-state index contributed by atoms with van der Waals surface area (Å²) in [5.41, 5.74) is 4.36. The molecule has 1 aliphatic heterocycles. The zero-order valence-electron chi connectivity index (χ0n) is 17.0. The third-order valence-corrected chi connectivity index (χ3v) is 7.25. The van der Waals surface area contributed by atoms with E-state index in [9.17, 15) is 14.7 Å². The Morgan fingerprint density at radius 2 is 1.50 bits per heavy atom. The summed E-state index contributed by atoms with van der Waals surface area (Å²) in [6, 6.07) is 15.7. The second-order valence-electron chi connectivity index (χ2n) is 8.87. The Morgan fingerprint density at radius 3 is 2.07 bits per heavy atom. The summed E-state index contributed by atoms with van der Waals surface area (Å²) in [6.07, 6.45) is 6.21. The fourth-order valence-corrected chi connectivity index (χ4v) is 5.78. The molecule has 0 radical (unpaired) electrons. The van der Waals surface area contributed by atoms with Gasteiger partial charge in [0.1, 0.15) is 12.6 Å². The molecule has 2 fully saturated rings. The number of carbonyl (C=O) groups excluding carboxylic acids is 1. The van der Waals surface area contributed by atoms with Crippen molar-refractivity contribution in [1.29, 1.82) is 0 Å². The third kappa shape index (κ3) is 2.99. The standard InChI is InChI=1S/C25H27NO4/c27-23(28)22-15-25(13-7-1-2-8-14-25)26(22)24(29)30-16-21-19-11-5-3-9-17(19)18-10-4-6-12-20(18)21/h3-6,9-12,21-22H,1-2,7-8,13-16H2,(H,27,28). The van der Waals surface area contributed by atoms with Crippen LogP contribution in [0.1, 0.15) is 62.0 Å². The molecule has 5 rings (SSSR count). The molecule has 5 nitrogen and oxygen atoms in total. The zero-order chi connectivity index (χ0) is 20.7. The molecule has 2 aliphatic carbocycles. The average Bonchev–Trinajstić information content (AvgIpc) is 2.87. The number of carboxylic acid groups (broad SMARTS) is 1. The summed E-state index contributed by atoms with van der Waals surface area (Å²) in [5, 5.41) is 9.63. The molecule has 1 heterocycles. The van der Waals surface area contributed by atoms with Crippen molar-refractivity contribution in [1.82, 2.24) is 4.90 Å². The minimum atomic E-state index is -0.932. The van der Waals surface area contributed by atoms with Gasteiger partial charge in [-0.1, -0.05) is 74.2 Å². The Balaban J connectivity index is 1.37. The van der Waals surface area contributed by atoms with Gasteiger partial charge >= 0.3 is 12.1 Å². The van der Waals surface area contributed by atoms with E-state index in [4.69, 9.17) is 4.74 Å². The average molecular weight is 405 g/mol. The first-order valence-corrected chi connectivity index (χ1v) is 11.0. The van der Waals surface area contributed by atoms with Crippen LogP contribution in [0.25, 0.3) is 11.1 Å². The lowest BCUT2D eigenvalue weighted by Gasteiger charge is -2.55. The monoisotopic (exact) mass is 405 g/mol. The molecule has 156 valence electrons. The molecule has 1 unspecified atom stereocenters. The van der Waals surface area contributed by atoms with Crippen molar-refractivity contribution in [2.75, 3.05) is 6.61 Å². The lowest BCUT2D eigenvalue weighted by Crippen LogP contribution is -2.70. The van der Waals surface area contributed by atoms with E-state index < -0.39 is 18.1 Å². The first kappa shape index (κ1) is 19.2. The van der Waals surface area contributed by atoms with Crippen molar-refractivity contribution < 1.29 is 19.4 Å². The van der Waals surface area contributed by atoms with Crippen LogP contribution in [0.3, 0.4) is 0 Å². The smallest absolute Gasteiger partial charge is 0.411 e. The van der Waals surface area contributed by atoms with Gasteiger partial charge in [0.2, 0.25) is 0 Å². The number of hydrogen-bond acceptors (Lipinski definition) is 3. The molecule has 5 heteroatoms. The molecule has 1 saturated heterocycles. The summed E-state index contributed by atoms with van der Waals surface area (Å²) in [4.78, 5) is 26.4. The van der Waals surface area contributed by atoms with Crippen molar-refractivity contribution >= 4 is 12.1 Å². The Morgan fingerprint density at radius 1 is 0.933 bits per heavy atom. The van der Waals surface area contributed by atoms with Gasteiger partial charge in [0.05, 0.1) is 0 Å². The number of hydrogen-bond donors (Lipinski definition) is 1. The molecule has 2 aromatic carbocycles. The van der Waals surface area contributed by atoms with Crippen molar-refractivity contribution in [2.45, 2.75) is 62.4 Å². The molecule has 30 heavy (non-hydrogen) atoms. The highest BCUT2D eigenvalue weighted by Crippen LogP contribution is 2.48. The summed E-state index contributed by atoms with van der Waals surface area (Å²) in [7, 11) is 0. The number of carbonyl (C=O) groups is 2. The summed E-state index contributed by atoms with van der Waals surface area (Å²) >= 11 is 0. The first-order chi connectivity index (χ1) is 14.6. The maximum Gasteiger partial charge on any atom is 0.411 e. The van der Waals surface area contributed by atoms with Crippen LogP contribution in [0, 0.1) is 0 Å². The van der Waals surface area contributed by atoms with Crippen LogP contribution in [0.2, 0.25) is 0 Å². The van der Waals surface area contributed by atoms with Crippen LogP contribution >= 0.6 is 0 Å². The van der Waals surface area contributed by atoms with E-state index in [0.29, 0.717) is 6.42 Å². The predicted octanol–water partition coefficient (Wildman–Crippen LogP) is 5.19. The third-order valence-electron chi connectivity index (χ3n) is 7.25. The number of amides is 1. The topological polar surface area (TPSA) is 66.8 Å². The molecule has 1 atom stereocenters. The van der Waals surface area contributed by atoms with Crippen molar-refractivity contribution in [3.8, 4) is 11.1 Å².